The Morgan fingerprint density at radius 2 is 1.97 bits per heavy atom. The highest BCUT2D eigenvalue weighted by molar-refractivity contribution is 7.99. The van der Waals surface area contributed by atoms with Gasteiger partial charge >= 0.3 is 0 Å². The molecule has 0 atom stereocenters. The minimum atomic E-state index is -0.326. The summed E-state index contributed by atoms with van der Waals surface area (Å²) in [6, 6.07) is 5.20. The van der Waals surface area contributed by atoms with Crippen LogP contribution in [0.3, 0.4) is 0 Å². The molecule has 1 N–H and O–H groups in total. The molecule has 0 aliphatic carbocycles. The van der Waals surface area contributed by atoms with Crippen LogP contribution in [0.1, 0.15) is 0 Å². The molecule has 0 spiro atoms. The number of hydrogen-bond acceptors (Lipinski definition) is 9. The van der Waals surface area contributed by atoms with E-state index >= 15 is 0 Å². The minimum Gasteiger partial charge on any atom is -0.486 e. The van der Waals surface area contributed by atoms with Gasteiger partial charge < -0.3 is 19.7 Å². The summed E-state index contributed by atoms with van der Waals surface area (Å²) in [6.07, 6.45) is 1.38. The number of benzene rings is 1. The molecule has 30 heavy (non-hydrogen) atoms. The lowest BCUT2D eigenvalue weighted by atomic mass is 10.2. The van der Waals surface area contributed by atoms with E-state index in [9.17, 15) is 9.59 Å². The molecule has 0 radical (unpaired) electrons. The van der Waals surface area contributed by atoms with Gasteiger partial charge in [0.1, 0.15) is 30.8 Å². The average Bonchev–Trinajstić information content (AvgIpc) is 3.22. The van der Waals surface area contributed by atoms with Gasteiger partial charge in [0.25, 0.3) is 5.56 Å². The van der Waals surface area contributed by atoms with Crippen molar-refractivity contribution in [3.8, 4) is 11.5 Å². The summed E-state index contributed by atoms with van der Waals surface area (Å²) < 4.78 is 12.8. The van der Waals surface area contributed by atoms with Gasteiger partial charge in [0, 0.05) is 36.3 Å². The van der Waals surface area contributed by atoms with E-state index in [2.05, 4.69) is 20.2 Å². The molecule has 4 heterocycles. The lowest BCUT2D eigenvalue weighted by Crippen LogP contribution is -2.32. The van der Waals surface area contributed by atoms with Crippen molar-refractivity contribution in [2.45, 2.75) is 6.54 Å². The van der Waals surface area contributed by atoms with Crippen molar-refractivity contribution in [1.29, 1.82) is 0 Å². The molecule has 0 bridgehead atoms. The number of thioether (sulfide) groups is 1. The van der Waals surface area contributed by atoms with Gasteiger partial charge in [-0.2, -0.15) is 16.7 Å². The summed E-state index contributed by atoms with van der Waals surface area (Å²) in [5.74, 6) is 3.01. The van der Waals surface area contributed by atoms with Gasteiger partial charge in [-0.15, -0.1) is 0 Å². The second-order valence-electron chi connectivity index (χ2n) is 6.83. The first-order valence-corrected chi connectivity index (χ1v) is 11.5. The molecule has 2 aromatic heterocycles. The van der Waals surface area contributed by atoms with Crippen LogP contribution < -0.4 is 25.2 Å². The van der Waals surface area contributed by atoms with Crippen LogP contribution in [0.2, 0.25) is 0 Å². The standard InChI is InChI=1S/C19H19N5O4S2/c25-15(21-12-1-2-13-14(9-12)28-6-5-27-13)10-24-11-20-17-16(18(24)26)30-19(22-17)23-3-7-29-8-4-23/h1-2,9,11H,3-8,10H2,(H,21,25). The summed E-state index contributed by atoms with van der Waals surface area (Å²) in [5, 5.41) is 3.60. The molecular weight excluding hydrogens is 426 g/mol. The lowest BCUT2D eigenvalue weighted by Gasteiger charge is -2.25. The molecule has 156 valence electrons. The fourth-order valence-corrected chi connectivity index (χ4v) is 5.24. The van der Waals surface area contributed by atoms with Gasteiger partial charge in [-0.3, -0.25) is 14.2 Å². The van der Waals surface area contributed by atoms with Crippen LogP contribution >= 0.6 is 23.1 Å². The molecule has 5 rings (SSSR count). The number of ether oxygens (including phenoxy) is 2. The highest BCUT2D eigenvalue weighted by Gasteiger charge is 2.19. The first-order valence-electron chi connectivity index (χ1n) is 9.55. The SMILES string of the molecule is O=C(Cn1cnc2nc(N3CCSCC3)sc2c1=O)Nc1ccc2c(c1)OCCO2. The predicted octanol–water partition coefficient (Wildman–Crippen LogP) is 1.82. The number of anilines is 2. The maximum absolute atomic E-state index is 12.9. The molecule has 3 aromatic rings. The van der Waals surface area contributed by atoms with Crippen LogP contribution in [-0.4, -0.2) is 58.3 Å². The maximum Gasteiger partial charge on any atom is 0.273 e. The van der Waals surface area contributed by atoms with Crippen LogP contribution in [0.5, 0.6) is 11.5 Å². The number of rotatable bonds is 4. The summed E-state index contributed by atoms with van der Waals surface area (Å²) in [5.41, 5.74) is 0.753. The van der Waals surface area contributed by atoms with E-state index in [0.29, 0.717) is 40.7 Å². The van der Waals surface area contributed by atoms with E-state index in [-0.39, 0.29) is 18.0 Å². The number of hydrogen-bond donors (Lipinski definition) is 1. The largest absolute Gasteiger partial charge is 0.486 e. The molecule has 1 saturated heterocycles. The maximum atomic E-state index is 12.9. The van der Waals surface area contributed by atoms with Crippen LogP contribution in [-0.2, 0) is 11.3 Å². The Morgan fingerprint density at radius 3 is 2.80 bits per heavy atom. The third-order valence-corrected chi connectivity index (χ3v) is 6.83. The molecule has 2 aliphatic rings. The Morgan fingerprint density at radius 1 is 1.17 bits per heavy atom. The van der Waals surface area contributed by atoms with Crippen molar-refractivity contribution in [2.75, 3.05) is 48.0 Å². The highest BCUT2D eigenvalue weighted by Crippen LogP contribution is 2.32. The Bertz CT molecular complexity index is 1160. The van der Waals surface area contributed by atoms with E-state index in [0.717, 1.165) is 29.7 Å². The summed E-state index contributed by atoms with van der Waals surface area (Å²) in [6.45, 7) is 2.67. The number of nitrogens with zero attached hydrogens (tertiary/aromatic N) is 4. The first kappa shape index (κ1) is 19.2. The van der Waals surface area contributed by atoms with Crippen LogP contribution in [0.4, 0.5) is 10.8 Å². The molecule has 1 amide bonds. The Hall–Kier alpha value is -2.79. The topological polar surface area (TPSA) is 98.6 Å². The van der Waals surface area contributed by atoms with Gasteiger partial charge in [0.2, 0.25) is 5.91 Å². The number of amides is 1. The zero-order valence-electron chi connectivity index (χ0n) is 16.0. The molecule has 1 aromatic carbocycles. The number of carbonyl (C=O) groups is 1. The van der Waals surface area contributed by atoms with E-state index < -0.39 is 0 Å². The van der Waals surface area contributed by atoms with Crippen molar-refractivity contribution in [3.63, 3.8) is 0 Å². The van der Waals surface area contributed by atoms with Gasteiger partial charge in [-0.05, 0) is 12.1 Å². The number of fused-ring (bicyclic) bond motifs is 2. The highest BCUT2D eigenvalue weighted by atomic mass is 32.2. The fourth-order valence-electron chi connectivity index (χ4n) is 3.31. The Labute approximate surface area is 180 Å². The van der Waals surface area contributed by atoms with Crippen molar-refractivity contribution in [1.82, 2.24) is 14.5 Å². The Kier molecular flexibility index (Phi) is 5.21. The molecule has 9 nitrogen and oxygen atoms in total. The predicted molar refractivity (Wildman–Crippen MR) is 117 cm³/mol. The monoisotopic (exact) mass is 445 g/mol. The van der Waals surface area contributed by atoms with Gasteiger partial charge in [0.05, 0.1) is 0 Å². The zero-order valence-corrected chi connectivity index (χ0v) is 17.6. The first-order chi connectivity index (χ1) is 14.7. The van der Waals surface area contributed by atoms with Crippen LogP contribution in [0.25, 0.3) is 10.3 Å². The summed E-state index contributed by atoms with van der Waals surface area (Å²) in [7, 11) is 0. The molecule has 2 aliphatic heterocycles. The Balaban J connectivity index is 1.32. The van der Waals surface area contributed by atoms with Crippen molar-refractivity contribution in [2.24, 2.45) is 0 Å². The normalized spacial score (nSPS) is 15.9. The zero-order chi connectivity index (χ0) is 20.5. The lowest BCUT2D eigenvalue weighted by molar-refractivity contribution is -0.116. The number of thiazole rings is 1. The minimum absolute atomic E-state index is 0.135. The summed E-state index contributed by atoms with van der Waals surface area (Å²) in [4.78, 5) is 36.3. The second kappa shape index (κ2) is 8.15. The third-order valence-electron chi connectivity index (χ3n) is 4.79. The van der Waals surface area contributed by atoms with Crippen LogP contribution in [0, 0.1) is 0 Å². The molecule has 0 saturated carbocycles. The number of carbonyl (C=O) groups excluding carboxylic acids is 1. The number of aromatic nitrogens is 3. The van der Waals surface area contributed by atoms with Gasteiger partial charge in [-0.25, -0.2) is 4.98 Å². The average molecular weight is 446 g/mol. The quantitative estimate of drug-likeness (QED) is 0.649. The molecule has 0 unspecified atom stereocenters. The van der Waals surface area contributed by atoms with Crippen molar-refractivity contribution >= 4 is 50.2 Å². The smallest absolute Gasteiger partial charge is 0.273 e. The van der Waals surface area contributed by atoms with E-state index in [1.807, 2.05) is 11.8 Å². The number of nitrogens with one attached hydrogen (secondary N) is 1. The molecular formula is C19H19N5O4S2. The van der Waals surface area contributed by atoms with Crippen LogP contribution in [0.15, 0.2) is 29.3 Å². The molecule has 1 fully saturated rings. The molecule has 11 heteroatoms. The van der Waals surface area contributed by atoms with Crippen molar-refractivity contribution in [3.05, 3.63) is 34.9 Å². The van der Waals surface area contributed by atoms with Gasteiger partial charge in [-0.1, -0.05) is 11.3 Å². The second-order valence-corrected chi connectivity index (χ2v) is 9.04. The van der Waals surface area contributed by atoms with E-state index in [1.54, 1.807) is 18.2 Å². The van der Waals surface area contributed by atoms with Crippen molar-refractivity contribution < 1.29 is 14.3 Å². The summed E-state index contributed by atoms with van der Waals surface area (Å²) >= 11 is 3.25. The van der Waals surface area contributed by atoms with Gasteiger partial charge in [0.15, 0.2) is 22.3 Å². The van der Waals surface area contributed by atoms with E-state index in [1.165, 1.54) is 22.2 Å². The fraction of sp³-hybridized carbons (Fsp3) is 0.368. The third kappa shape index (κ3) is 3.82. The van der Waals surface area contributed by atoms with E-state index in [4.69, 9.17) is 9.47 Å².